The smallest absolute Gasteiger partial charge is 0.335 e. The van der Waals surface area contributed by atoms with Crippen LogP contribution in [0.2, 0.25) is 10.0 Å². The molecule has 33 heavy (non-hydrogen) atoms. The third kappa shape index (κ3) is 5.08. The van der Waals surface area contributed by atoms with E-state index >= 15 is 0 Å². The lowest BCUT2D eigenvalue weighted by Gasteiger charge is -2.26. The summed E-state index contributed by atoms with van der Waals surface area (Å²) in [5, 5.41) is 3.23. The van der Waals surface area contributed by atoms with Crippen LogP contribution < -0.4 is 15.0 Å². The van der Waals surface area contributed by atoms with Gasteiger partial charge in [-0.3, -0.25) is 14.9 Å². The molecular formula is C25H18Cl2N2O4. The molecule has 166 valence electrons. The predicted octanol–water partition coefficient (Wildman–Crippen LogP) is 5.55. The lowest BCUT2D eigenvalue weighted by atomic mass is 10.1. The van der Waals surface area contributed by atoms with E-state index in [9.17, 15) is 14.4 Å². The van der Waals surface area contributed by atoms with E-state index in [2.05, 4.69) is 5.32 Å². The van der Waals surface area contributed by atoms with Gasteiger partial charge in [0.1, 0.15) is 17.9 Å². The molecule has 0 radical (unpaired) electrons. The van der Waals surface area contributed by atoms with Crippen LogP contribution >= 0.6 is 23.2 Å². The van der Waals surface area contributed by atoms with Gasteiger partial charge in [-0.1, -0.05) is 53.0 Å². The quantitative estimate of drug-likeness (QED) is 0.383. The normalized spacial score (nSPS) is 15.1. The van der Waals surface area contributed by atoms with Crippen LogP contribution in [0.1, 0.15) is 16.7 Å². The van der Waals surface area contributed by atoms with Crippen molar-refractivity contribution in [3.63, 3.8) is 0 Å². The molecule has 0 unspecified atom stereocenters. The Morgan fingerprint density at radius 1 is 0.909 bits per heavy atom. The number of anilines is 1. The average Bonchev–Trinajstić information content (AvgIpc) is 2.78. The number of nitrogens with zero attached hydrogens (tertiary/aromatic N) is 1. The van der Waals surface area contributed by atoms with Gasteiger partial charge >= 0.3 is 6.03 Å². The molecule has 0 bridgehead atoms. The Hall–Kier alpha value is -3.61. The lowest BCUT2D eigenvalue weighted by molar-refractivity contribution is -0.122. The van der Waals surface area contributed by atoms with Crippen molar-refractivity contribution in [1.82, 2.24) is 5.32 Å². The van der Waals surface area contributed by atoms with Crippen LogP contribution in [0.15, 0.2) is 72.3 Å². The van der Waals surface area contributed by atoms with Gasteiger partial charge < -0.3 is 4.74 Å². The van der Waals surface area contributed by atoms with Crippen LogP contribution in [-0.2, 0) is 16.2 Å². The summed E-state index contributed by atoms with van der Waals surface area (Å²) < 4.78 is 5.91. The first-order valence-electron chi connectivity index (χ1n) is 9.97. The summed E-state index contributed by atoms with van der Waals surface area (Å²) in [6.07, 6.45) is 1.37. The minimum absolute atomic E-state index is 0.214. The molecule has 1 fully saturated rings. The van der Waals surface area contributed by atoms with Crippen molar-refractivity contribution in [1.29, 1.82) is 0 Å². The number of aryl methyl sites for hydroxylation is 1. The number of hydrogen-bond acceptors (Lipinski definition) is 4. The molecule has 1 aliphatic heterocycles. The Morgan fingerprint density at radius 2 is 1.58 bits per heavy atom. The van der Waals surface area contributed by atoms with Gasteiger partial charge in [-0.15, -0.1) is 0 Å². The van der Waals surface area contributed by atoms with E-state index in [4.69, 9.17) is 27.9 Å². The third-order valence-electron chi connectivity index (χ3n) is 4.97. The van der Waals surface area contributed by atoms with E-state index in [1.165, 1.54) is 6.08 Å². The zero-order valence-electron chi connectivity index (χ0n) is 17.5. The van der Waals surface area contributed by atoms with Crippen molar-refractivity contribution >= 4 is 52.8 Å². The molecule has 0 saturated carbocycles. The Balaban J connectivity index is 1.66. The molecule has 1 saturated heterocycles. The topological polar surface area (TPSA) is 75.7 Å². The second-order valence-corrected chi connectivity index (χ2v) is 8.26. The fraction of sp³-hybridized carbons (Fsp3) is 0.0800. The number of benzene rings is 3. The first kappa shape index (κ1) is 22.6. The van der Waals surface area contributed by atoms with E-state index in [1.54, 1.807) is 54.6 Å². The highest BCUT2D eigenvalue weighted by Crippen LogP contribution is 2.28. The summed E-state index contributed by atoms with van der Waals surface area (Å²) >= 11 is 12.1. The number of halogens is 2. The lowest BCUT2D eigenvalue weighted by Crippen LogP contribution is -2.54. The molecular weight excluding hydrogens is 463 g/mol. The number of imide groups is 2. The zero-order chi connectivity index (χ0) is 23.5. The van der Waals surface area contributed by atoms with E-state index < -0.39 is 17.8 Å². The van der Waals surface area contributed by atoms with Gasteiger partial charge in [-0.05, 0) is 61.0 Å². The van der Waals surface area contributed by atoms with Gasteiger partial charge in [0.25, 0.3) is 11.8 Å². The maximum Gasteiger partial charge on any atom is 0.335 e. The van der Waals surface area contributed by atoms with Gasteiger partial charge in [-0.2, -0.15) is 0 Å². The Labute approximate surface area is 200 Å². The number of barbiturate groups is 1. The Kier molecular flexibility index (Phi) is 6.49. The highest BCUT2D eigenvalue weighted by atomic mass is 35.5. The molecule has 1 N–H and O–H groups in total. The second-order valence-electron chi connectivity index (χ2n) is 7.39. The predicted molar refractivity (Wildman–Crippen MR) is 127 cm³/mol. The minimum atomic E-state index is -0.809. The van der Waals surface area contributed by atoms with Gasteiger partial charge in [0.15, 0.2) is 0 Å². The number of ether oxygens (including phenoxy) is 1. The molecule has 6 nitrogen and oxygen atoms in total. The molecule has 0 atom stereocenters. The summed E-state index contributed by atoms with van der Waals surface area (Å²) in [6, 6.07) is 18.1. The van der Waals surface area contributed by atoms with E-state index in [1.807, 2.05) is 19.1 Å². The number of hydrogen-bond donors (Lipinski definition) is 1. The Morgan fingerprint density at radius 3 is 2.27 bits per heavy atom. The number of nitrogens with one attached hydrogen (secondary N) is 1. The Bertz CT molecular complexity index is 1270. The molecule has 4 amide bonds. The largest absolute Gasteiger partial charge is 0.488 e. The monoisotopic (exact) mass is 480 g/mol. The van der Waals surface area contributed by atoms with Crippen molar-refractivity contribution in [2.45, 2.75) is 13.5 Å². The number of carbonyl (C=O) groups is 3. The first-order valence-corrected chi connectivity index (χ1v) is 10.7. The molecule has 8 heteroatoms. The van der Waals surface area contributed by atoms with Gasteiger partial charge in [0.2, 0.25) is 0 Å². The maximum atomic E-state index is 13.1. The van der Waals surface area contributed by atoms with Crippen LogP contribution in [0.25, 0.3) is 6.08 Å². The summed E-state index contributed by atoms with van der Waals surface area (Å²) in [5.74, 6) is -1.12. The molecule has 0 aliphatic carbocycles. The van der Waals surface area contributed by atoms with E-state index in [-0.39, 0.29) is 12.2 Å². The molecule has 0 spiro atoms. The van der Waals surface area contributed by atoms with Crippen LogP contribution in [0, 0.1) is 6.92 Å². The number of amides is 4. The van der Waals surface area contributed by atoms with Gasteiger partial charge in [0, 0.05) is 15.6 Å². The molecule has 3 aromatic carbocycles. The van der Waals surface area contributed by atoms with Crippen LogP contribution in [-0.4, -0.2) is 17.8 Å². The van der Waals surface area contributed by atoms with Crippen molar-refractivity contribution < 1.29 is 19.1 Å². The van der Waals surface area contributed by atoms with Crippen molar-refractivity contribution in [3.8, 4) is 5.75 Å². The van der Waals surface area contributed by atoms with Crippen molar-refractivity contribution in [2.75, 3.05) is 4.90 Å². The van der Waals surface area contributed by atoms with Crippen molar-refractivity contribution in [2.24, 2.45) is 0 Å². The van der Waals surface area contributed by atoms with Crippen LogP contribution in [0.5, 0.6) is 5.75 Å². The zero-order valence-corrected chi connectivity index (χ0v) is 19.0. The highest BCUT2D eigenvalue weighted by molar-refractivity contribution is 6.39. The SMILES string of the molecule is Cc1ccc(N2C(=O)NC(=O)/C(=C\c3cc(Cl)ccc3OCc3ccc(Cl)cc3)C2=O)cc1. The highest BCUT2D eigenvalue weighted by Gasteiger charge is 2.37. The molecule has 1 heterocycles. The fourth-order valence-corrected chi connectivity index (χ4v) is 3.55. The molecule has 4 rings (SSSR count). The second kappa shape index (κ2) is 9.48. The fourth-order valence-electron chi connectivity index (χ4n) is 3.25. The summed E-state index contributed by atoms with van der Waals surface area (Å²) in [4.78, 5) is 39.0. The number of carbonyl (C=O) groups excluding carboxylic acids is 3. The molecule has 0 aromatic heterocycles. The van der Waals surface area contributed by atoms with Gasteiger partial charge in [0.05, 0.1) is 5.69 Å². The summed E-state index contributed by atoms with van der Waals surface area (Å²) in [5.41, 5.74) is 2.42. The summed E-state index contributed by atoms with van der Waals surface area (Å²) in [6.45, 7) is 2.13. The van der Waals surface area contributed by atoms with Gasteiger partial charge in [-0.25, -0.2) is 9.69 Å². The van der Waals surface area contributed by atoms with E-state index in [0.717, 1.165) is 16.0 Å². The third-order valence-corrected chi connectivity index (χ3v) is 5.46. The molecule has 3 aromatic rings. The van der Waals surface area contributed by atoms with Crippen molar-refractivity contribution in [3.05, 3.63) is 99.0 Å². The first-order chi connectivity index (χ1) is 15.8. The average molecular weight is 481 g/mol. The minimum Gasteiger partial charge on any atom is -0.488 e. The van der Waals surface area contributed by atoms with Crippen LogP contribution in [0.4, 0.5) is 10.5 Å². The maximum absolute atomic E-state index is 13.1. The van der Waals surface area contributed by atoms with E-state index in [0.29, 0.717) is 27.0 Å². The standard InChI is InChI=1S/C25H18Cl2N2O4/c1-15-2-9-20(10-3-15)29-24(31)21(23(30)28-25(29)32)13-17-12-19(27)8-11-22(17)33-14-16-4-6-18(26)7-5-16/h2-13H,14H2,1H3,(H,28,30,32)/b21-13+. The number of rotatable bonds is 5. The van der Waals surface area contributed by atoms with Crippen LogP contribution in [0.3, 0.4) is 0 Å². The summed E-state index contributed by atoms with van der Waals surface area (Å²) in [7, 11) is 0. The number of urea groups is 1. The molecule has 1 aliphatic rings.